The first kappa shape index (κ1) is 31.8. The highest BCUT2D eigenvalue weighted by Crippen LogP contribution is 2.57. The van der Waals surface area contributed by atoms with E-state index in [9.17, 15) is 10.2 Å². The molecular formula is C39H69NO2. The van der Waals surface area contributed by atoms with Crippen LogP contribution in [-0.2, 0) is 0 Å². The second kappa shape index (κ2) is 14.5. The van der Waals surface area contributed by atoms with E-state index in [4.69, 9.17) is 0 Å². The summed E-state index contributed by atoms with van der Waals surface area (Å²) in [7, 11) is 0. The van der Waals surface area contributed by atoms with Gasteiger partial charge in [0.05, 0.1) is 12.2 Å². The van der Waals surface area contributed by atoms with Gasteiger partial charge in [-0.3, -0.25) is 4.90 Å². The van der Waals surface area contributed by atoms with Crippen molar-refractivity contribution in [3.05, 3.63) is 0 Å². The monoisotopic (exact) mass is 584 g/mol. The van der Waals surface area contributed by atoms with Crippen LogP contribution in [0.2, 0.25) is 0 Å². The minimum absolute atomic E-state index is 0.0608. The quantitative estimate of drug-likeness (QED) is 0.313. The van der Waals surface area contributed by atoms with Crippen molar-refractivity contribution in [3.63, 3.8) is 0 Å². The van der Waals surface area contributed by atoms with E-state index < -0.39 is 0 Å². The third-order valence-corrected chi connectivity index (χ3v) is 15.0. The molecule has 42 heavy (non-hydrogen) atoms. The summed E-state index contributed by atoms with van der Waals surface area (Å²) in [5.41, 5.74) is 0.397. The normalized spacial score (nSPS) is 44.5. The lowest BCUT2D eigenvalue weighted by Crippen LogP contribution is -2.54. The molecule has 242 valence electrons. The Morgan fingerprint density at radius 3 is 1.24 bits per heavy atom. The summed E-state index contributed by atoms with van der Waals surface area (Å²) < 4.78 is 0. The molecule has 6 fully saturated rings. The van der Waals surface area contributed by atoms with Crippen molar-refractivity contribution in [3.8, 4) is 0 Å². The summed E-state index contributed by atoms with van der Waals surface area (Å²) in [5, 5.41) is 20.7. The van der Waals surface area contributed by atoms with E-state index in [-0.39, 0.29) is 12.2 Å². The summed E-state index contributed by atoms with van der Waals surface area (Å²) in [6, 6.07) is 2.53. The van der Waals surface area contributed by atoms with Gasteiger partial charge in [-0.05, 0) is 169 Å². The molecule has 0 atom stereocenters. The predicted molar refractivity (Wildman–Crippen MR) is 175 cm³/mol. The molecule has 0 aromatic rings. The van der Waals surface area contributed by atoms with Gasteiger partial charge in [0.2, 0.25) is 0 Å². The highest BCUT2D eigenvalue weighted by Gasteiger charge is 2.50. The van der Waals surface area contributed by atoms with E-state index in [2.05, 4.69) is 18.7 Å². The lowest BCUT2D eigenvalue weighted by Gasteiger charge is -2.56. The lowest BCUT2D eigenvalue weighted by molar-refractivity contribution is -0.0720. The Bertz CT molecular complexity index is 761. The third-order valence-electron chi connectivity index (χ3n) is 15.0. The van der Waals surface area contributed by atoms with Crippen LogP contribution in [0.25, 0.3) is 0 Å². The fraction of sp³-hybridized carbons (Fsp3) is 1.00. The second-order valence-corrected chi connectivity index (χ2v) is 17.2. The van der Waals surface area contributed by atoms with Crippen LogP contribution in [0, 0.1) is 40.9 Å². The zero-order valence-electron chi connectivity index (χ0n) is 27.9. The first-order chi connectivity index (χ1) is 20.4. The van der Waals surface area contributed by atoms with Crippen LogP contribution < -0.4 is 0 Å². The maximum absolute atomic E-state index is 10.4. The van der Waals surface area contributed by atoms with Gasteiger partial charge in [-0.2, -0.15) is 0 Å². The number of aliphatic hydroxyl groups excluding tert-OH is 2. The summed E-state index contributed by atoms with van der Waals surface area (Å²) in [5.74, 6) is 5.41. The molecule has 0 saturated heterocycles. The first-order valence-electron chi connectivity index (χ1n) is 19.5. The topological polar surface area (TPSA) is 43.7 Å². The molecule has 0 radical (unpaired) electrons. The lowest BCUT2D eigenvalue weighted by atomic mass is 9.52. The molecule has 0 aromatic heterocycles. The van der Waals surface area contributed by atoms with Crippen LogP contribution in [0.5, 0.6) is 0 Å². The first-order valence-corrected chi connectivity index (χ1v) is 19.5. The van der Waals surface area contributed by atoms with E-state index in [0.717, 1.165) is 79.3 Å². The molecule has 3 nitrogen and oxygen atoms in total. The Morgan fingerprint density at radius 2 is 0.786 bits per heavy atom. The average Bonchev–Trinajstić information content (AvgIpc) is 3.03. The number of nitrogens with zero attached hydrogens (tertiary/aromatic N) is 1. The molecule has 0 bridgehead atoms. The molecule has 6 aliphatic rings. The summed E-state index contributed by atoms with van der Waals surface area (Å²) >= 11 is 0. The van der Waals surface area contributed by atoms with E-state index in [1.54, 1.807) is 0 Å². The standard InChI is InChI=1S/C39H69NO2/c1-28-8-18-34(19-9-28)40(35-20-10-30(11-21-35)29-6-4-3-5-7-29)36-22-12-31(13-23-36)39(2,32-14-24-37(41)25-15-32)33-16-26-38(42)27-17-33/h28-38,41-42H,3-27H2,1-2H3. The Balaban J connectivity index is 1.13. The van der Waals surface area contributed by atoms with Crippen LogP contribution in [0.15, 0.2) is 0 Å². The van der Waals surface area contributed by atoms with E-state index in [0.29, 0.717) is 5.41 Å². The van der Waals surface area contributed by atoms with Crippen LogP contribution in [-0.4, -0.2) is 45.4 Å². The van der Waals surface area contributed by atoms with Crippen molar-refractivity contribution in [2.75, 3.05) is 0 Å². The predicted octanol–water partition coefficient (Wildman–Crippen LogP) is 9.67. The van der Waals surface area contributed by atoms with Gasteiger partial charge in [0.25, 0.3) is 0 Å². The maximum atomic E-state index is 10.4. The van der Waals surface area contributed by atoms with Gasteiger partial charge in [-0.25, -0.2) is 0 Å². The molecule has 0 aromatic carbocycles. The number of hydrogen-bond donors (Lipinski definition) is 2. The van der Waals surface area contributed by atoms with Crippen molar-refractivity contribution < 1.29 is 10.2 Å². The molecular weight excluding hydrogens is 514 g/mol. The van der Waals surface area contributed by atoms with Crippen molar-refractivity contribution in [2.45, 2.75) is 205 Å². The van der Waals surface area contributed by atoms with Crippen molar-refractivity contribution in [1.29, 1.82) is 0 Å². The van der Waals surface area contributed by atoms with Crippen LogP contribution in [0.3, 0.4) is 0 Å². The zero-order valence-corrected chi connectivity index (χ0v) is 27.9. The van der Waals surface area contributed by atoms with Crippen molar-refractivity contribution in [2.24, 2.45) is 40.9 Å². The molecule has 3 heteroatoms. The Morgan fingerprint density at radius 1 is 0.429 bits per heavy atom. The van der Waals surface area contributed by atoms with Gasteiger partial charge < -0.3 is 10.2 Å². The minimum atomic E-state index is -0.0608. The summed E-state index contributed by atoms with van der Waals surface area (Å²) in [6.07, 6.45) is 34.0. The van der Waals surface area contributed by atoms with Crippen molar-refractivity contribution in [1.82, 2.24) is 4.90 Å². The molecule has 0 unspecified atom stereocenters. The molecule has 6 aliphatic carbocycles. The van der Waals surface area contributed by atoms with Gasteiger partial charge >= 0.3 is 0 Å². The summed E-state index contributed by atoms with van der Waals surface area (Å²) in [6.45, 7) is 5.20. The summed E-state index contributed by atoms with van der Waals surface area (Å²) in [4.78, 5) is 3.21. The van der Waals surface area contributed by atoms with Gasteiger partial charge in [0.15, 0.2) is 0 Å². The molecule has 6 saturated carbocycles. The van der Waals surface area contributed by atoms with Gasteiger partial charge in [0.1, 0.15) is 0 Å². The van der Waals surface area contributed by atoms with E-state index in [1.165, 1.54) is 135 Å². The molecule has 0 heterocycles. The fourth-order valence-corrected chi connectivity index (χ4v) is 12.3. The molecule has 0 spiro atoms. The number of rotatable bonds is 7. The zero-order chi connectivity index (χ0) is 29.1. The second-order valence-electron chi connectivity index (χ2n) is 17.2. The molecule has 0 amide bonds. The molecule has 6 rings (SSSR count). The Kier molecular flexibility index (Phi) is 11.0. The third kappa shape index (κ3) is 7.14. The average molecular weight is 584 g/mol. The maximum Gasteiger partial charge on any atom is 0.0540 e. The number of hydrogen-bond acceptors (Lipinski definition) is 3. The van der Waals surface area contributed by atoms with Crippen molar-refractivity contribution >= 4 is 0 Å². The highest BCUT2D eigenvalue weighted by atomic mass is 16.3. The number of aliphatic hydroxyl groups is 2. The van der Waals surface area contributed by atoms with E-state index in [1.807, 2.05) is 0 Å². The smallest absolute Gasteiger partial charge is 0.0540 e. The highest BCUT2D eigenvalue weighted by molar-refractivity contribution is 5.01. The van der Waals surface area contributed by atoms with Gasteiger partial charge in [-0.15, -0.1) is 0 Å². The van der Waals surface area contributed by atoms with Gasteiger partial charge in [-0.1, -0.05) is 46.0 Å². The van der Waals surface area contributed by atoms with E-state index >= 15 is 0 Å². The largest absolute Gasteiger partial charge is 0.393 e. The fourth-order valence-electron chi connectivity index (χ4n) is 12.3. The molecule has 2 N–H and O–H groups in total. The Hall–Kier alpha value is -0.120. The SMILES string of the molecule is CC1CCC(N(C2CCC(C3CCCCC3)CC2)C2CCC(C(C)(C3CCC(O)CC3)C3CCC(O)CC3)CC2)CC1. The van der Waals surface area contributed by atoms with Crippen LogP contribution in [0.4, 0.5) is 0 Å². The van der Waals surface area contributed by atoms with Crippen LogP contribution >= 0.6 is 0 Å². The minimum Gasteiger partial charge on any atom is -0.393 e. The van der Waals surface area contributed by atoms with Gasteiger partial charge in [0, 0.05) is 18.1 Å². The Labute approximate surface area is 260 Å². The molecule has 0 aliphatic heterocycles. The van der Waals surface area contributed by atoms with Crippen LogP contribution in [0.1, 0.15) is 174 Å².